The van der Waals surface area contributed by atoms with E-state index in [1.165, 1.54) is 103 Å². The lowest BCUT2D eigenvalue weighted by molar-refractivity contribution is -0.151. The van der Waals surface area contributed by atoms with Crippen LogP contribution in [0.1, 0.15) is 330 Å². The Morgan fingerprint density at radius 3 is 0.859 bits per heavy atom. The molecule has 0 heterocycles. The van der Waals surface area contributed by atoms with Crippen molar-refractivity contribution < 1.29 is 58.2 Å². The first-order valence-corrected chi connectivity index (χ1v) is 35.4. The van der Waals surface area contributed by atoms with Gasteiger partial charge in [0.15, 0.2) is 0 Å². The van der Waals surface area contributed by atoms with Gasteiger partial charge in [-0.25, -0.2) is 0 Å². The van der Waals surface area contributed by atoms with Crippen LogP contribution < -0.4 is 0 Å². The summed E-state index contributed by atoms with van der Waals surface area (Å²) < 4.78 is 22.7. The number of esters is 4. The number of aliphatic carboxylic acids is 1. The van der Waals surface area contributed by atoms with Gasteiger partial charge in [0.05, 0.1) is 31.0 Å². The Kier molecular flexibility index (Phi) is 68.2. The van der Waals surface area contributed by atoms with Crippen molar-refractivity contribution in [2.24, 2.45) is 17.8 Å². The molecule has 0 saturated heterocycles. The van der Waals surface area contributed by atoms with Crippen LogP contribution in [0.2, 0.25) is 0 Å². The van der Waals surface area contributed by atoms with Crippen molar-refractivity contribution in [2.75, 3.05) is 67.7 Å². The van der Waals surface area contributed by atoms with Crippen LogP contribution in [0.15, 0.2) is 0 Å². The monoisotopic (exact) mass is 1210 g/mol. The van der Waals surface area contributed by atoms with Crippen molar-refractivity contribution in [1.82, 2.24) is 9.80 Å². The number of aliphatic hydroxyl groups excluding tert-OH is 2. The van der Waals surface area contributed by atoms with Crippen LogP contribution in [0.25, 0.3) is 0 Å². The zero-order valence-electron chi connectivity index (χ0n) is 57.4. The highest BCUT2D eigenvalue weighted by Gasteiger charge is 2.18. The summed E-state index contributed by atoms with van der Waals surface area (Å²) in [6.07, 6.45) is 47.9. The van der Waals surface area contributed by atoms with Gasteiger partial charge in [-0.3, -0.25) is 24.0 Å². The van der Waals surface area contributed by atoms with Gasteiger partial charge < -0.3 is 44.1 Å². The van der Waals surface area contributed by atoms with Crippen molar-refractivity contribution in [3.8, 4) is 0 Å². The maximum absolute atomic E-state index is 12.5. The Balaban J connectivity index is -0.00000146. The van der Waals surface area contributed by atoms with E-state index >= 15 is 0 Å². The van der Waals surface area contributed by atoms with E-state index in [-0.39, 0.29) is 53.8 Å². The van der Waals surface area contributed by atoms with E-state index in [0.29, 0.717) is 39.3 Å². The van der Waals surface area contributed by atoms with Crippen LogP contribution in [0.3, 0.4) is 0 Å². The lowest BCUT2D eigenvalue weighted by atomic mass is 10.0. The predicted molar refractivity (Wildman–Crippen MR) is 353 cm³/mol. The molecule has 0 aliphatic rings. The second-order valence-corrected chi connectivity index (χ2v) is 25.3. The average molecular weight is 1210 g/mol. The van der Waals surface area contributed by atoms with Crippen molar-refractivity contribution >= 4 is 29.8 Å². The van der Waals surface area contributed by atoms with Gasteiger partial charge in [-0.1, -0.05) is 208 Å². The third kappa shape index (κ3) is 67.0. The number of carbonyl (C=O) groups excluding carboxylic acids is 4. The Morgan fingerprint density at radius 2 is 0.600 bits per heavy atom. The second kappa shape index (κ2) is 67.1. The molecule has 0 radical (unpaired) electrons. The maximum atomic E-state index is 12.5. The summed E-state index contributed by atoms with van der Waals surface area (Å²) in [5.74, 6) is -0.965. The molecule has 14 heteroatoms. The summed E-state index contributed by atoms with van der Waals surface area (Å²) in [5, 5.41) is 26.1. The molecule has 3 atom stereocenters. The summed E-state index contributed by atoms with van der Waals surface area (Å²) in [4.78, 5) is 63.1. The van der Waals surface area contributed by atoms with Gasteiger partial charge in [-0.05, 0) is 150 Å². The van der Waals surface area contributed by atoms with E-state index in [1.54, 1.807) is 6.92 Å². The first kappa shape index (κ1) is 86.4. The van der Waals surface area contributed by atoms with Crippen LogP contribution in [0, 0.1) is 17.8 Å². The summed E-state index contributed by atoms with van der Waals surface area (Å²) in [5.41, 5.74) is 0. The summed E-state index contributed by atoms with van der Waals surface area (Å²) in [6, 6.07) is 0. The van der Waals surface area contributed by atoms with Crippen molar-refractivity contribution in [3.63, 3.8) is 0 Å². The minimum Gasteiger partial charge on any atom is -0.481 e. The molecule has 506 valence electrons. The quantitative estimate of drug-likeness (QED) is 0.0296. The number of carbonyl (C=O) groups is 5. The molecule has 0 spiro atoms. The number of unbranched alkanes of at least 4 members (excludes halogenated alkanes) is 27. The average Bonchev–Trinajstić information content (AvgIpc) is 3.47. The summed E-state index contributed by atoms with van der Waals surface area (Å²) >= 11 is 0. The Hall–Kier alpha value is -2.81. The molecular formula is C71H140N2O12. The molecule has 0 amide bonds. The van der Waals surface area contributed by atoms with Gasteiger partial charge in [0.1, 0.15) is 12.2 Å². The molecule has 0 aromatic heterocycles. The lowest BCUT2D eigenvalue weighted by Crippen LogP contribution is -2.20. The summed E-state index contributed by atoms with van der Waals surface area (Å²) in [6.45, 7) is 15.6. The highest BCUT2D eigenvalue weighted by atomic mass is 16.6. The number of hydrogen-bond acceptors (Lipinski definition) is 13. The van der Waals surface area contributed by atoms with Crippen molar-refractivity contribution in [2.45, 2.75) is 343 Å². The lowest BCUT2D eigenvalue weighted by Gasteiger charge is -2.18. The second-order valence-electron chi connectivity index (χ2n) is 25.3. The van der Waals surface area contributed by atoms with Gasteiger partial charge in [0.2, 0.25) is 0 Å². The number of carboxylic acids is 1. The Morgan fingerprint density at radius 1 is 0.341 bits per heavy atom. The topological polar surface area (TPSA) is 189 Å². The molecular weight excluding hydrogens is 1070 g/mol. The van der Waals surface area contributed by atoms with E-state index in [9.17, 15) is 24.0 Å². The Labute approximate surface area is 523 Å². The molecule has 85 heavy (non-hydrogen) atoms. The standard InChI is InChI=1S/C39H75NO6.C25H51NO4.C7H14O2/c1-7-9-26-34(3)38(42)44-32-23-19-15-11-13-17-21-28-36(46-37(41)30-25-31-40(5)6)29-22-18-14-12-16-20-24-33-45-39(43)35(4)27-10-8-2;1-26(2)21-17-20-25(29)30-24(18-13-9-5-3-7-11-15-22-27)19-14-10-6-4-8-12-16-23-28;1-3-4-5-6(2)7(8)9/h34-36H,7-33H2,1-6H3;24,27-28H,3-23H2,1-2H3;6H,3-5H2,1-2H3,(H,8,9). The molecule has 0 fully saturated rings. The van der Waals surface area contributed by atoms with Crippen LogP contribution in [-0.2, 0) is 42.9 Å². The molecule has 3 N–H and O–H groups in total. The van der Waals surface area contributed by atoms with Crippen LogP contribution in [0.4, 0.5) is 0 Å². The smallest absolute Gasteiger partial charge is 0.308 e. The molecule has 0 aromatic rings. The molecule has 0 aromatic carbocycles. The van der Waals surface area contributed by atoms with Gasteiger partial charge in [-0.15, -0.1) is 0 Å². The van der Waals surface area contributed by atoms with Gasteiger partial charge in [0.25, 0.3) is 0 Å². The van der Waals surface area contributed by atoms with Crippen LogP contribution in [0.5, 0.6) is 0 Å². The molecule has 0 aliphatic heterocycles. The van der Waals surface area contributed by atoms with E-state index in [4.69, 9.17) is 34.3 Å². The van der Waals surface area contributed by atoms with Gasteiger partial charge in [-0.2, -0.15) is 0 Å². The minimum absolute atomic E-state index is 0.0190. The number of rotatable bonds is 60. The van der Waals surface area contributed by atoms with Gasteiger partial charge >= 0.3 is 29.8 Å². The number of nitrogens with zero attached hydrogens (tertiary/aromatic N) is 2. The number of ether oxygens (including phenoxy) is 4. The largest absolute Gasteiger partial charge is 0.481 e. The third-order valence-corrected chi connectivity index (χ3v) is 16.0. The first-order chi connectivity index (χ1) is 41.0. The Bertz CT molecular complexity index is 1400. The van der Waals surface area contributed by atoms with Crippen molar-refractivity contribution in [1.29, 1.82) is 0 Å². The molecule has 0 saturated carbocycles. The third-order valence-electron chi connectivity index (χ3n) is 16.0. The van der Waals surface area contributed by atoms with Gasteiger partial charge in [0, 0.05) is 26.1 Å². The van der Waals surface area contributed by atoms with E-state index in [1.807, 2.05) is 42.0 Å². The zero-order valence-corrected chi connectivity index (χ0v) is 57.4. The number of hydrogen-bond donors (Lipinski definition) is 3. The van der Waals surface area contributed by atoms with Crippen LogP contribution in [-0.4, -0.2) is 135 Å². The molecule has 0 bridgehead atoms. The zero-order chi connectivity index (χ0) is 63.8. The molecule has 14 nitrogen and oxygen atoms in total. The summed E-state index contributed by atoms with van der Waals surface area (Å²) in [7, 11) is 8.12. The number of aliphatic hydroxyl groups is 2. The normalized spacial score (nSPS) is 12.7. The first-order valence-electron chi connectivity index (χ1n) is 35.4. The molecule has 3 unspecified atom stereocenters. The molecule has 0 aliphatic carbocycles. The fraction of sp³-hybridized carbons (Fsp3) is 0.930. The number of carboxylic acid groups (broad SMARTS) is 1. The van der Waals surface area contributed by atoms with E-state index in [2.05, 4.69) is 30.6 Å². The van der Waals surface area contributed by atoms with E-state index < -0.39 is 5.97 Å². The highest BCUT2D eigenvalue weighted by molar-refractivity contribution is 5.72. The highest BCUT2D eigenvalue weighted by Crippen LogP contribution is 2.21. The maximum Gasteiger partial charge on any atom is 0.308 e. The molecule has 0 rings (SSSR count). The van der Waals surface area contributed by atoms with E-state index in [0.717, 1.165) is 186 Å². The fourth-order valence-corrected chi connectivity index (χ4v) is 10.1. The predicted octanol–water partition coefficient (Wildman–Crippen LogP) is 17.6. The van der Waals surface area contributed by atoms with Crippen molar-refractivity contribution in [3.05, 3.63) is 0 Å². The van der Waals surface area contributed by atoms with Crippen LogP contribution >= 0.6 is 0 Å². The SMILES string of the molecule is CCCCC(C)C(=O)O.CCCCC(C)C(=O)OCCCCCCCCCC(CCCCCCCCCOC(=O)C(C)CCCC)OC(=O)CCCN(C)C.CN(C)CCCC(=O)OC(CCCCCCCCCO)CCCCCCCCCO. The fourth-order valence-electron chi connectivity index (χ4n) is 10.1. The minimum atomic E-state index is -0.677.